The lowest BCUT2D eigenvalue weighted by Crippen LogP contribution is -2.11. The molecule has 2 N–H and O–H groups in total. The summed E-state index contributed by atoms with van der Waals surface area (Å²) >= 11 is 0. The van der Waals surface area contributed by atoms with Gasteiger partial charge in [0.05, 0.1) is 0 Å². The number of benzene rings is 1. The van der Waals surface area contributed by atoms with Crippen LogP contribution in [0, 0.1) is 0 Å². The molecular formula is C14H21NO. The number of ketones is 1. The Kier molecular flexibility index (Phi) is 4.25. The summed E-state index contributed by atoms with van der Waals surface area (Å²) in [5, 5.41) is 0. The van der Waals surface area contributed by atoms with Crippen LogP contribution in [0.1, 0.15) is 49.5 Å². The third-order valence-electron chi connectivity index (χ3n) is 2.68. The molecule has 0 amide bonds. The van der Waals surface area contributed by atoms with Crippen molar-refractivity contribution in [3.8, 4) is 0 Å². The second-order valence-electron chi connectivity index (χ2n) is 5.14. The Balaban J connectivity index is 2.75. The Bertz CT molecular complexity index is 346. The molecule has 0 spiro atoms. The van der Waals surface area contributed by atoms with Gasteiger partial charge in [-0.2, -0.15) is 0 Å². The minimum absolute atomic E-state index is 0.138. The van der Waals surface area contributed by atoms with Crippen LogP contribution in [-0.2, 0) is 5.41 Å². The predicted octanol–water partition coefficient (Wildman–Crippen LogP) is 2.91. The Morgan fingerprint density at radius 3 is 2.19 bits per heavy atom. The molecule has 1 rings (SSSR count). The van der Waals surface area contributed by atoms with Crippen LogP contribution < -0.4 is 5.73 Å². The molecule has 0 saturated carbocycles. The summed E-state index contributed by atoms with van der Waals surface area (Å²) in [6.07, 6.45) is 1.31. The number of carbonyl (C=O) groups is 1. The lowest BCUT2D eigenvalue weighted by molar-refractivity contribution is 0.0980. The molecule has 0 atom stereocenters. The number of hydrogen-bond acceptors (Lipinski definition) is 2. The largest absolute Gasteiger partial charge is 0.330 e. The van der Waals surface area contributed by atoms with E-state index >= 15 is 0 Å². The van der Waals surface area contributed by atoms with Crippen molar-refractivity contribution >= 4 is 5.78 Å². The summed E-state index contributed by atoms with van der Waals surface area (Å²) in [5.74, 6) is 0.186. The second-order valence-corrected chi connectivity index (χ2v) is 5.14. The van der Waals surface area contributed by atoms with Crippen LogP contribution in [0.2, 0.25) is 0 Å². The van der Waals surface area contributed by atoms with Crippen molar-refractivity contribution in [1.82, 2.24) is 0 Å². The van der Waals surface area contributed by atoms with Gasteiger partial charge in [-0.3, -0.25) is 4.79 Å². The van der Waals surface area contributed by atoms with Gasteiger partial charge in [0.25, 0.3) is 0 Å². The van der Waals surface area contributed by atoms with Crippen LogP contribution >= 0.6 is 0 Å². The van der Waals surface area contributed by atoms with E-state index in [9.17, 15) is 4.79 Å². The first kappa shape index (κ1) is 12.9. The zero-order valence-electron chi connectivity index (χ0n) is 10.4. The number of nitrogens with two attached hydrogens (primary N) is 1. The minimum Gasteiger partial charge on any atom is -0.330 e. The average molecular weight is 219 g/mol. The molecule has 16 heavy (non-hydrogen) atoms. The van der Waals surface area contributed by atoms with Gasteiger partial charge in [-0.05, 0) is 23.9 Å². The highest BCUT2D eigenvalue weighted by molar-refractivity contribution is 5.96. The number of rotatable bonds is 4. The van der Waals surface area contributed by atoms with Crippen LogP contribution in [0.5, 0.6) is 0 Å². The van der Waals surface area contributed by atoms with Gasteiger partial charge in [0.1, 0.15) is 0 Å². The molecule has 1 aromatic carbocycles. The van der Waals surface area contributed by atoms with Crippen molar-refractivity contribution in [2.45, 2.75) is 39.0 Å². The lowest BCUT2D eigenvalue weighted by Gasteiger charge is -2.18. The number of hydrogen-bond donors (Lipinski definition) is 1. The van der Waals surface area contributed by atoms with Crippen molar-refractivity contribution in [2.24, 2.45) is 5.73 Å². The van der Waals surface area contributed by atoms with Crippen LogP contribution in [0.15, 0.2) is 24.3 Å². The summed E-state index contributed by atoms with van der Waals surface area (Å²) < 4.78 is 0. The van der Waals surface area contributed by atoms with Gasteiger partial charge in [0, 0.05) is 12.0 Å². The van der Waals surface area contributed by atoms with Gasteiger partial charge in [-0.25, -0.2) is 0 Å². The van der Waals surface area contributed by atoms with E-state index in [0.717, 1.165) is 12.0 Å². The van der Waals surface area contributed by atoms with Crippen LogP contribution in [0.4, 0.5) is 0 Å². The van der Waals surface area contributed by atoms with Gasteiger partial charge in [-0.1, -0.05) is 45.0 Å². The summed E-state index contributed by atoms with van der Waals surface area (Å²) in [6, 6.07) is 7.91. The molecule has 0 fully saturated rings. The summed E-state index contributed by atoms with van der Waals surface area (Å²) in [6.45, 7) is 7.07. The minimum atomic E-state index is 0.138. The first-order chi connectivity index (χ1) is 7.45. The molecule has 0 bridgehead atoms. The Morgan fingerprint density at radius 2 is 1.75 bits per heavy atom. The molecular weight excluding hydrogens is 198 g/mol. The SMILES string of the molecule is CC(C)(C)c1ccc(C(=O)CCCN)cc1. The van der Waals surface area contributed by atoms with Crippen molar-refractivity contribution in [3.63, 3.8) is 0 Å². The average Bonchev–Trinajstić information content (AvgIpc) is 2.25. The molecule has 0 aliphatic rings. The highest BCUT2D eigenvalue weighted by atomic mass is 16.1. The Labute approximate surface area is 97.9 Å². The van der Waals surface area contributed by atoms with E-state index in [1.54, 1.807) is 0 Å². The third kappa shape index (κ3) is 3.46. The van der Waals surface area contributed by atoms with Crippen molar-refractivity contribution < 1.29 is 4.79 Å². The van der Waals surface area contributed by atoms with E-state index in [0.29, 0.717) is 13.0 Å². The second kappa shape index (κ2) is 5.26. The van der Waals surface area contributed by atoms with Gasteiger partial charge >= 0.3 is 0 Å². The molecule has 0 aliphatic carbocycles. The normalized spacial score (nSPS) is 11.5. The molecule has 0 saturated heterocycles. The van der Waals surface area contributed by atoms with Crippen LogP contribution in [0.3, 0.4) is 0 Å². The molecule has 0 heterocycles. The fourth-order valence-electron chi connectivity index (χ4n) is 1.56. The van der Waals surface area contributed by atoms with E-state index in [1.807, 2.05) is 24.3 Å². The smallest absolute Gasteiger partial charge is 0.162 e. The Morgan fingerprint density at radius 1 is 1.19 bits per heavy atom. The molecule has 0 radical (unpaired) electrons. The van der Waals surface area contributed by atoms with Crippen LogP contribution in [0.25, 0.3) is 0 Å². The summed E-state index contributed by atoms with van der Waals surface area (Å²) in [5.41, 5.74) is 7.57. The maximum Gasteiger partial charge on any atom is 0.162 e. The molecule has 2 nitrogen and oxygen atoms in total. The zero-order chi connectivity index (χ0) is 12.2. The standard InChI is InChI=1S/C14H21NO/c1-14(2,3)12-8-6-11(7-9-12)13(16)5-4-10-15/h6-9H,4-5,10,15H2,1-3H3. The van der Waals surface area contributed by atoms with E-state index in [1.165, 1.54) is 5.56 Å². The van der Waals surface area contributed by atoms with Gasteiger partial charge in [-0.15, -0.1) is 0 Å². The van der Waals surface area contributed by atoms with Gasteiger partial charge in [0.15, 0.2) is 5.78 Å². The van der Waals surface area contributed by atoms with E-state index in [-0.39, 0.29) is 11.2 Å². The van der Waals surface area contributed by atoms with Crippen molar-refractivity contribution in [2.75, 3.05) is 6.54 Å². The van der Waals surface area contributed by atoms with E-state index in [2.05, 4.69) is 20.8 Å². The number of Topliss-reactive ketones (excluding diaryl/α,β-unsaturated/α-hetero) is 1. The maximum atomic E-state index is 11.7. The Hall–Kier alpha value is -1.15. The first-order valence-electron chi connectivity index (χ1n) is 5.79. The molecule has 88 valence electrons. The fourth-order valence-corrected chi connectivity index (χ4v) is 1.56. The highest BCUT2D eigenvalue weighted by Crippen LogP contribution is 2.22. The highest BCUT2D eigenvalue weighted by Gasteiger charge is 2.13. The molecule has 0 aromatic heterocycles. The first-order valence-corrected chi connectivity index (χ1v) is 5.79. The van der Waals surface area contributed by atoms with Crippen LogP contribution in [-0.4, -0.2) is 12.3 Å². The third-order valence-corrected chi connectivity index (χ3v) is 2.68. The molecule has 0 aliphatic heterocycles. The van der Waals surface area contributed by atoms with Crippen molar-refractivity contribution in [3.05, 3.63) is 35.4 Å². The van der Waals surface area contributed by atoms with Gasteiger partial charge < -0.3 is 5.73 Å². The van der Waals surface area contributed by atoms with E-state index < -0.39 is 0 Å². The molecule has 0 unspecified atom stereocenters. The van der Waals surface area contributed by atoms with Gasteiger partial charge in [0.2, 0.25) is 0 Å². The summed E-state index contributed by atoms with van der Waals surface area (Å²) in [7, 11) is 0. The number of carbonyl (C=O) groups excluding carboxylic acids is 1. The fraction of sp³-hybridized carbons (Fsp3) is 0.500. The van der Waals surface area contributed by atoms with Crippen molar-refractivity contribution in [1.29, 1.82) is 0 Å². The monoisotopic (exact) mass is 219 g/mol. The predicted molar refractivity (Wildman–Crippen MR) is 67.8 cm³/mol. The molecule has 1 aromatic rings. The quantitative estimate of drug-likeness (QED) is 0.791. The van der Waals surface area contributed by atoms with E-state index in [4.69, 9.17) is 5.73 Å². The maximum absolute atomic E-state index is 11.7. The summed E-state index contributed by atoms with van der Waals surface area (Å²) in [4.78, 5) is 11.7. The topological polar surface area (TPSA) is 43.1 Å². The zero-order valence-corrected chi connectivity index (χ0v) is 10.4. The molecule has 2 heteroatoms. The lowest BCUT2D eigenvalue weighted by atomic mass is 9.86.